The van der Waals surface area contributed by atoms with Crippen LogP contribution >= 0.6 is 0 Å². The third-order valence-electron chi connectivity index (χ3n) is 4.27. The molecule has 1 aromatic heterocycles. The molecule has 0 atom stereocenters. The highest BCUT2D eigenvalue weighted by Crippen LogP contribution is 2.31. The van der Waals surface area contributed by atoms with Crippen LogP contribution < -0.4 is 0 Å². The molecule has 20 heavy (non-hydrogen) atoms. The van der Waals surface area contributed by atoms with Crippen molar-refractivity contribution in [3.8, 4) is 0 Å². The monoisotopic (exact) mass is 269 g/mol. The summed E-state index contributed by atoms with van der Waals surface area (Å²) < 4.78 is 0. The Hall–Kier alpha value is -1.74. The Balaban J connectivity index is 2.03. The van der Waals surface area contributed by atoms with Crippen LogP contribution in [0.25, 0.3) is 10.8 Å². The third-order valence-corrected chi connectivity index (χ3v) is 4.27. The predicted molar refractivity (Wildman–Crippen MR) is 78.7 cm³/mol. The van der Waals surface area contributed by atoms with Crippen LogP contribution in [0.1, 0.15) is 48.9 Å². The molecule has 0 amide bonds. The van der Waals surface area contributed by atoms with Crippen LogP contribution in [0.15, 0.2) is 36.7 Å². The standard InChI is InChI=1S/C17H19NO2/c19-16(17(20)9-5-1-2-6-10-17)15-12-18-11-13-7-3-4-8-14(13)15/h3-4,7-8,11-12,20H,1-2,5-6,9-10H2. The van der Waals surface area contributed by atoms with Crippen LogP contribution in [0.3, 0.4) is 0 Å². The van der Waals surface area contributed by atoms with Crippen LogP contribution in [-0.4, -0.2) is 21.5 Å². The highest BCUT2D eigenvalue weighted by atomic mass is 16.3. The van der Waals surface area contributed by atoms with Crippen molar-refractivity contribution >= 4 is 16.6 Å². The number of hydrogen-bond acceptors (Lipinski definition) is 3. The zero-order chi connectivity index (χ0) is 14.0. The minimum absolute atomic E-state index is 0.163. The maximum absolute atomic E-state index is 12.8. The largest absolute Gasteiger partial charge is 0.382 e. The number of fused-ring (bicyclic) bond motifs is 1. The maximum atomic E-state index is 12.8. The molecule has 1 fully saturated rings. The summed E-state index contributed by atoms with van der Waals surface area (Å²) in [6.45, 7) is 0. The van der Waals surface area contributed by atoms with Gasteiger partial charge in [-0.15, -0.1) is 0 Å². The summed E-state index contributed by atoms with van der Waals surface area (Å²) in [5, 5.41) is 12.6. The first-order chi connectivity index (χ1) is 9.71. The number of carbonyl (C=O) groups excluding carboxylic acids is 1. The molecular formula is C17H19NO2. The molecule has 3 nitrogen and oxygen atoms in total. The van der Waals surface area contributed by atoms with E-state index in [9.17, 15) is 9.90 Å². The number of carbonyl (C=O) groups is 1. The molecule has 1 saturated carbocycles. The molecule has 0 bridgehead atoms. The summed E-state index contributed by atoms with van der Waals surface area (Å²) in [4.78, 5) is 16.9. The van der Waals surface area contributed by atoms with E-state index in [-0.39, 0.29) is 5.78 Å². The van der Waals surface area contributed by atoms with Gasteiger partial charge >= 0.3 is 0 Å². The molecule has 3 rings (SSSR count). The summed E-state index contributed by atoms with van der Waals surface area (Å²) in [6, 6.07) is 7.70. The molecule has 1 heterocycles. The minimum atomic E-state index is -1.21. The first kappa shape index (κ1) is 13.3. The second-order valence-corrected chi connectivity index (χ2v) is 5.68. The van der Waals surface area contributed by atoms with Gasteiger partial charge in [-0.25, -0.2) is 0 Å². The van der Waals surface area contributed by atoms with E-state index in [2.05, 4.69) is 4.98 Å². The minimum Gasteiger partial charge on any atom is -0.382 e. The van der Waals surface area contributed by atoms with Crippen LogP contribution in [0, 0.1) is 0 Å². The fourth-order valence-corrected chi connectivity index (χ4v) is 3.09. The molecule has 2 aromatic rings. The topological polar surface area (TPSA) is 50.2 Å². The molecule has 0 radical (unpaired) electrons. The van der Waals surface area contributed by atoms with E-state index in [1.165, 1.54) is 0 Å². The van der Waals surface area contributed by atoms with Gasteiger partial charge in [-0.1, -0.05) is 49.9 Å². The van der Waals surface area contributed by atoms with Crippen molar-refractivity contribution in [3.63, 3.8) is 0 Å². The van der Waals surface area contributed by atoms with Crippen molar-refractivity contribution in [1.82, 2.24) is 4.98 Å². The molecule has 0 saturated heterocycles. The van der Waals surface area contributed by atoms with E-state index in [0.717, 1.165) is 36.5 Å². The van der Waals surface area contributed by atoms with Gasteiger partial charge in [0.2, 0.25) is 0 Å². The number of ketones is 1. The summed E-state index contributed by atoms with van der Waals surface area (Å²) >= 11 is 0. The highest BCUT2D eigenvalue weighted by molar-refractivity contribution is 6.11. The van der Waals surface area contributed by atoms with Gasteiger partial charge in [0.25, 0.3) is 0 Å². The van der Waals surface area contributed by atoms with E-state index in [4.69, 9.17) is 0 Å². The first-order valence-corrected chi connectivity index (χ1v) is 7.31. The Morgan fingerprint density at radius 1 is 1.05 bits per heavy atom. The molecule has 1 aromatic carbocycles. The van der Waals surface area contributed by atoms with Crippen molar-refractivity contribution in [2.45, 2.75) is 44.1 Å². The van der Waals surface area contributed by atoms with Crippen molar-refractivity contribution in [3.05, 3.63) is 42.2 Å². The average Bonchev–Trinajstić information content (AvgIpc) is 2.72. The van der Waals surface area contributed by atoms with E-state index < -0.39 is 5.60 Å². The average molecular weight is 269 g/mol. The van der Waals surface area contributed by atoms with Crippen LogP contribution in [-0.2, 0) is 0 Å². The Bertz CT molecular complexity index is 622. The normalized spacial score (nSPS) is 18.6. The Morgan fingerprint density at radius 2 is 1.75 bits per heavy atom. The number of aliphatic hydroxyl groups is 1. The van der Waals surface area contributed by atoms with E-state index in [0.29, 0.717) is 18.4 Å². The third kappa shape index (κ3) is 2.34. The lowest BCUT2D eigenvalue weighted by Gasteiger charge is -2.25. The zero-order valence-corrected chi connectivity index (χ0v) is 11.5. The maximum Gasteiger partial charge on any atom is 0.196 e. The Kier molecular flexibility index (Phi) is 3.53. The molecule has 1 aliphatic rings. The number of benzene rings is 1. The van der Waals surface area contributed by atoms with Gasteiger partial charge in [-0.3, -0.25) is 9.78 Å². The summed E-state index contributed by atoms with van der Waals surface area (Å²) in [5.41, 5.74) is -0.657. The quantitative estimate of drug-likeness (QED) is 0.670. The molecule has 3 heteroatoms. The van der Waals surface area contributed by atoms with Gasteiger partial charge in [0, 0.05) is 23.3 Å². The van der Waals surface area contributed by atoms with Crippen molar-refractivity contribution < 1.29 is 9.90 Å². The number of aromatic nitrogens is 1. The van der Waals surface area contributed by atoms with Crippen molar-refractivity contribution in [1.29, 1.82) is 0 Å². The molecule has 1 aliphatic carbocycles. The summed E-state index contributed by atoms with van der Waals surface area (Å²) in [6.07, 6.45) is 8.51. The number of hydrogen-bond donors (Lipinski definition) is 1. The van der Waals surface area contributed by atoms with Gasteiger partial charge in [-0.05, 0) is 18.2 Å². The van der Waals surface area contributed by atoms with Gasteiger partial charge in [-0.2, -0.15) is 0 Å². The smallest absolute Gasteiger partial charge is 0.196 e. The molecule has 104 valence electrons. The van der Waals surface area contributed by atoms with E-state index in [1.807, 2.05) is 24.3 Å². The molecule has 0 spiro atoms. The van der Waals surface area contributed by atoms with E-state index >= 15 is 0 Å². The van der Waals surface area contributed by atoms with E-state index in [1.54, 1.807) is 12.4 Å². The lowest BCUT2D eigenvalue weighted by Crippen LogP contribution is -2.38. The Morgan fingerprint density at radius 3 is 2.50 bits per heavy atom. The van der Waals surface area contributed by atoms with Gasteiger partial charge < -0.3 is 5.11 Å². The molecule has 0 aliphatic heterocycles. The zero-order valence-electron chi connectivity index (χ0n) is 11.5. The van der Waals surface area contributed by atoms with Crippen molar-refractivity contribution in [2.24, 2.45) is 0 Å². The SMILES string of the molecule is O=C(c1cncc2ccccc12)C1(O)CCCCCC1. The lowest BCUT2D eigenvalue weighted by molar-refractivity contribution is 0.0239. The van der Waals surface area contributed by atoms with Gasteiger partial charge in [0.05, 0.1) is 0 Å². The second-order valence-electron chi connectivity index (χ2n) is 5.68. The van der Waals surface area contributed by atoms with Crippen LogP contribution in [0.2, 0.25) is 0 Å². The lowest BCUT2D eigenvalue weighted by atomic mass is 9.85. The van der Waals surface area contributed by atoms with Crippen LogP contribution in [0.5, 0.6) is 0 Å². The molecular weight excluding hydrogens is 250 g/mol. The highest BCUT2D eigenvalue weighted by Gasteiger charge is 2.37. The van der Waals surface area contributed by atoms with Crippen LogP contribution in [0.4, 0.5) is 0 Å². The van der Waals surface area contributed by atoms with Gasteiger partial charge in [0.15, 0.2) is 5.78 Å². The van der Waals surface area contributed by atoms with Crippen molar-refractivity contribution in [2.75, 3.05) is 0 Å². The molecule has 0 unspecified atom stereocenters. The number of pyridine rings is 1. The fourth-order valence-electron chi connectivity index (χ4n) is 3.09. The van der Waals surface area contributed by atoms with Gasteiger partial charge in [0.1, 0.15) is 5.60 Å². The molecule has 1 N–H and O–H groups in total. The number of Topliss-reactive ketones (excluding diaryl/α,β-unsaturated/α-hetero) is 1. The summed E-state index contributed by atoms with van der Waals surface area (Å²) in [7, 11) is 0. The first-order valence-electron chi connectivity index (χ1n) is 7.31. The fraction of sp³-hybridized carbons (Fsp3) is 0.412. The number of rotatable bonds is 2. The summed E-state index contributed by atoms with van der Waals surface area (Å²) in [5.74, 6) is -0.163. The Labute approximate surface area is 118 Å². The second kappa shape index (κ2) is 5.33. The predicted octanol–water partition coefficient (Wildman–Crippen LogP) is 3.50. The number of nitrogens with zero attached hydrogens (tertiary/aromatic N) is 1.